The fraction of sp³-hybridized carbons (Fsp3) is 0.182. The van der Waals surface area contributed by atoms with Crippen LogP contribution in [0, 0.1) is 0 Å². The smallest absolute Gasteiger partial charge is 0.416 e. The maximum Gasteiger partial charge on any atom is 0.416 e. The van der Waals surface area contributed by atoms with Gasteiger partial charge in [-0.1, -0.05) is 47.3 Å². The van der Waals surface area contributed by atoms with Crippen molar-refractivity contribution >= 4 is 58.0 Å². The number of rotatable bonds is 7. The number of pyridine rings is 2. The van der Waals surface area contributed by atoms with Crippen molar-refractivity contribution in [3.05, 3.63) is 136 Å². The first-order chi connectivity index (χ1) is 28.9. The van der Waals surface area contributed by atoms with Crippen molar-refractivity contribution in [1.29, 1.82) is 0 Å². The zero-order valence-electron chi connectivity index (χ0n) is 31.3. The van der Waals surface area contributed by atoms with Crippen molar-refractivity contribution in [3.8, 4) is 28.4 Å². The fourth-order valence-corrected chi connectivity index (χ4v) is 8.88. The molecular weight excluding hydrogens is 776 g/mol. The number of piperidine rings is 1. The van der Waals surface area contributed by atoms with Crippen LogP contribution in [0.1, 0.15) is 57.6 Å². The van der Waals surface area contributed by atoms with Crippen molar-refractivity contribution in [3.63, 3.8) is 0 Å². The zero-order valence-corrected chi connectivity index (χ0v) is 31.3. The number of carbonyl (C=O) groups excluding carboxylic acids is 3. The summed E-state index contributed by atoms with van der Waals surface area (Å²) in [5.41, 5.74) is 5.46. The van der Waals surface area contributed by atoms with Crippen molar-refractivity contribution < 1.29 is 37.0 Å². The van der Waals surface area contributed by atoms with Crippen LogP contribution in [0.3, 0.4) is 0 Å². The third-order valence-corrected chi connectivity index (χ3v) is 11.9. The minimum atomic E-state index is -4.46. The minimum absolute atomic E-state index is 0.0476. The molecule has 3 aromatic heterocycles. The number of aromatic amines is 2. The maximum atomic E-state index is 13.3. The van der Waals surface area contributed by atoms with E-state index in [0.717, 1.165) is 34.2 Å². The third kappa shape index (κ3) is 6.00. The number of imidazole rings is 1. The highest BCUT2D eigenvalue weighted by Crippen LogP contribution is 2.63. The van der Waals surface area contributed by atoms with Crippen LogP contribution in [0.2, 0.25) is 0 Å². The molecule has 1 unspecified atom stereocenters. The van der Waals surface area contributed by atoms with E-state index in [1.54, 1.807) is 30.5 Å². The molecule has 1 aliphatic carbocycles. The number of carbonyl (C=O) groups is 3. The summed E-state index contributed by atoms with van der Waals surface area (Å²) in [6, 6.07) is 25.1. The number of nitrogens with one attached hydrogen (secondary N) is 3. The summed E-state index contributed by atoms with van der Waals surface area (Å²) in [5, 5.41) is 2.92. The zero-order chi connectivity index (χ0) is 41.0. The normalized spacial score (nSPS) is 20.4. The molecule has 12 nitrogen and oxygen atoms in total. The molecular formula is C44H30BF3N6O6. The Kier molecular flexibility index (Phi) is 7.86. The van der Waals surface area contributed by atoms with Crippen LogP contribution in [0.4, 0.5) is 13.2 Å². The molecule has 3 N–H and O–H groups in total. The van der Waals surface area contributed by atoms with Gasteiger partial charge in [-0.3, -0.25) is 24.5 Å². The van der Waals surface area contributed by atoms with Crippen LogP contribution >= 0.6 is 0 Å². The molecule has 4 aromatic carbocycles. The quantitative estimate of drug-likeness (QED) is 0.149. The predicted octanol–water partition coefficient (Wildman–Crippen LogP) is 5.07. The monoisotopic (exact) mass is 806 g/mol. The van der Waals surface area contributed by atoms with E-state index in [-0.39, 0.29) is 41.7 Å². The van der Waals surface area contributed by atoms with Crippen molar-refractivity contribution in [1.82, 2.24) is 30.2 Å². The number of hydrogen-bond acceptors (Lipinski definition) is 8. The molecule has 1 saturated carbocycles. The van der Waals surface area contributed by atoms with Gasteiger partial charge in [-0.15, -0.1) is 0 Å². The molecule has 6 heterocycles. The van der Waals surface area contributed by atoms with Gasteiger partial charge in [0, 0.05) is 41.8 Å². The van der Waals surface area contributed by atoms with Gasteiger partial charge < -0.3 is 24.3 Å². The largest absolute Gasteiger partial charge is 0.489 e. The van der Waals surface area contributed by atoms with E-state index >= 15 is 0 Å². The Balaban J connectivity index is 0.806. The van der Waals surface area contributed by atoms with Gasteiger partial charge in [0.1, 0.15) is 40.9 Å². The Morgan fingerprint density at radius 3 is 2.50 bits per heavy atom. The van der Waals surface area contributed by atoms with Crippen LogP contribution in [0.15, 0.2) is 102 Å². The molecule has 16 heteroatoms. The summed E-state index contributed by atoms with van der Waals surface area (Å²) in [6.07, 6.45) is -2.60. The topological polar surface area (TPSA) is 159 Å². The van der Waals surface area contributed by atoms with Gasteiger partial charge in [0.25, 0.3) is 11.5 Å². The fourth-order valence-electron chi connectivity index (χ4n) is 8.88. The number of hydrogen-bond donors (Lipinski definition) is 3. The summed E-state index contributed by atoms with van der Waals surface area (Å²) >= 11 is 0. The van der Waals surface area contributed by atoms with E-state index in [1.165, 1.54) is 11.0 Å². The van der Waals surface area contributed by atoms with E-state index in [9.17, 15) is 32.3 Å². The molecule has 3 aliphatic heterocycles. The van der Waals surface area contributed by atoms with Crippen LogP contribution in [-0.4, -0.2) is 62.0 Å². The number of nitrogens with zero attached hydrogens (tertiary/aromatic N) is 3. The number of halogens is 3. The van der Waals surface area contributed by atoms with E-state index in [1.807, 2.05) is 48.5 Å². The molecule has 11 rings (SSSR count). The molecule has 3 amide bonds. The highest BCUT2D eigenvalue weighted by atomic mass is 19.4. The summed E-state index contributed by atoms with van der Waals surface area (Å²) < 4.78 is 52.5. The number of benzene rings is 4. The molecule has 0 radical (unpaired) electrons. The molecule has 0 spiro atoms. The summed E-state index contributed by atoms with van der Waals surface area (Å²) in [4.78, 5) is 67.0. The molecule has 296 valence electrons. The lowest BCUT2D eigenvalue weighted by Gasteiger charge is -2.29. The van der Waals surface area contributed by atoms with Gasteiger partial charge in [-0.2, -0.15) is 13.2 Å². The molecule has 60 heavy (non-hydrogen) atoms. The van der Waals surface area contributed by atoms with Crippen molar-refractivity contribution in [2.45, 2.75) is 49.5 Å². The average molecular weight is 807 g/mol. The van der Waals surface area contributed by atoms with E-state index in [4.69, 9.17) is 9.47 Å². The molecule has 2 fully saturated rings. The Morgan fingerprint density at radius 2 is 1.68 bits per heavy atom. The number of alkyl halides is 3. The Hall–Kier alpha value is -7.23. The first-order valence-corrected chi connectivity index (χ1v) is 19.4. The van der Waals surface area contributed by atoms with Gasteiger partial charge in [0.15, 0.2) is 7.28 Å². The number of fused-ring (bicyclic) bond motifs is 6. The van der Waals surface area contributed by atoms with Crippen molar-refractivity contribution in [2.24, 2.45) is 0 Å². The Bertz CT molecular complexity index is 3060. The average Bonchev–Trinajstić information content (AvgIpc) is 3.44. The second-order valence-corrected chi connectivity index (χ2v) is 15.6. The Labute approximate surface area is 338 Å². The maximum absolute atomic E-state index is 13.3. The van der Waals surface area contributed by atoms with Crippen molar-refractivity contribution in [2.75, 3.05) is 0 Å². The van der Waals surface area contributed by atoms with E-state index in [2.05, 4.69) is 25.3 Å². The van der Waals surface area contributed by atoms with Gasteiger partial charge in [0.2, 0.25) is 11.8 Å². The summed E-state index contributed by atoms with van der Waals surface area (Å²) in [6.45, 7) is 0.296. The highest BCUT2D eigenvalue weighted by Gasteiger charge is 2.61. The first kappa shape index (κ1) is 35.9. The molecule has 0 bridgehead atoms. The van der Waals surface area contributed by atoms with Crippen LogP contribution < -0.4 is 31.3 Å². The molecule has 4 aliphatic rings. The standard InChI is InChI=1S/C44H30BF3N6O6/c46-44(47,48)22-3-9-30-31(16-22)51-40(50-30)37-36-28-17-25(7-11-33(28)60-38(36)37)59-34-13-14-49-39-29(34)18-27(41(56)53-39)20-1-4-23(5-2-20)45-24-6-8-26-21(15-24)19-54(43(26)58)32-10-12-35(55)52-42(32)57/h1-9,11,13-18,32,36-38,45H,10,12,19H2,(H,50,51)(H,49,53,56)(H,52,55,57)/t32?,36-,37-,38-/m1/s1. The minimum Gasteiger partial charge on any atom is -0.489 e. The summed E-state index contributed by atoms with van der Waals surface area (Å²) in [7, 11) is 0.575. The van der Waals surface area contributed by atoms with Gasteiger partial charge in [-0.05, 0) is 72.1 Å². The highest BCUT2D eigenvalue weighted by molar-refractivity contribution is 6.67. The molecule has 7 aromatic rings. The number of aromatic nitrogens is 4. The summed E-state index contributed by atoms with van der Waals surface area (Å²) in [5.74, 6) is 1.10. The lowest BCUT2D eigenvalue weighted by molar-refractivity contribution is -0.138. The number of H-pyrrole nitrogens is 2. The first-order valence-electron chi connectivity index (χ1n) is 19.4. The number of imide groups is 1. The lowest BCUT2D eigenvalue weighted by Crippen LogP contribution is -2.52. The second-order valence-electron chi connectivity index (χ2n) is 15.6. The van der Waals surface area contributed by atoms with Gasteiger partial charge >= 0.3 is 6.18 Å². The van der Waals surface area contributed by atoms with E-state index in [0.29, 0.717) is 82.1 Å². The Morgan fingerprint density at radius 1 is 0.850 bits per heavy atom. The second kappa shape index (κ2) is 13.1. The van der Waals surface area contributed by atoms with Gasteiger partial charge in [-0.25, -0.2) is 9.97 Å². The lowest BCUT2D eigenvalue weighted by atomic mass is 9.63. The molecule has 1 saturated heterocycles. The number of ether oxygens (including phenoxy) is 2. The van der Waals surface area contributed by atoms with Crippen LogP contribution in [-0.2, 0) is 22.3 Å². The van der Waals surface area contributed by atoms with Gasteiger partial charge in [0.05, 0.1) is 27.9 Å². The van der Waals surface area contributed by atoms with Crippen LogP contribution in [0.5, 0.6) is 17.2 Å². The SMILES string of the molecule is O=C1CCC(N2Cc3cc(Bc4ccc(-c5cc6c(Oc7ccc8c(c7)[C@H]7[C@@H](O8)[C@@H]7c7nc8ccc(C(F)(F)F)cc8[nH]7)ccnc6[nH]c5=O)cc4)ccc3C2=O)C(=O)N1. The third-order valence-electron chi connectivity index (χ3n) is 11.9. The predicted molar refractivity (Wildman–Crippen MR) is 214 cm³/mol. The number of amides is 3. The molecule has 4 atom stereocenters. The van der Waals surface area contributed by atoms with E-state index < -0.39 is 23.7 Å². The van der Waals surface area contributed by atoms with Crippen LogP contribution in [0.25, 0.3) is 33.2 Å².